The molecule has 24 atom stereocenters. The highest BCUT2D eigenvalue weighted by atomic mass is 16.7. The van der Waals surface area contributed by atoms with Crippen molar-refractivity contribution in [2.24, 2.45) is 11.8 Å². The van der Waals surface area contributed by atoms with Crippen LogP contribution in [0.4, 0.5) is 0 Å². The largest absolute Gasteiger partial charge is 0.481 e. The fourth-order valence-corrected chi connectivity index (χ4v) is 9.08. The fourth-order valence-electron chi connectivity index (χ4n) is 9.08. The second-order valence-electron chi connectivity index (χ2n) is 16.5. The molecule has 24 heteroatoms. The van der Waals surface area contributed by atoms with Gasteiger partial charge >= 0.3 is 11.9 Å². The predicted molar refractivity (Wildman–Crippen MR) is 187 cm³/mol. The van der Waals surface area contributed by atoms with E-state index in [0.29, 0.717) is 6.42 Å². The van der Waals surface area contributed by atoms with Crippen molar-refractivity contribution >= 4 is 11.9 Å². The maximum atomic E-state index is 12.0. The lowest BCUT2D eigenvalue weighted by atomic mass is 9.72. The van der Waals surface area contributed by atoms with Crippen LogP contribution >= 0.6 is 0 Å². The number of aliphatic hydroxyl groups excluding tert-OH is 13. The molecule has 0 aromatic heterocycles. The molecule has 6 fully saturated rings. The van der Waals surface area contributed by atoms with Gasteiger partial charge in [-0.25, -0.2) is 0 Å². The molecule has 4 saturated heterocycles. The Kier molecular flexibility index (Phi) is 16.1. The van der Waals surface area contributed by atoms with Gasteiger partial charge in [-0.2, -0.15) is 0 Å². The number of carboxylic acid groups (broad SMARTS) is 1. The summed E-state index contributed by atoms with van der Waals surface area (Å²) < 4.78 is 45.5. The molecule has 4 aliphatic heterocycles. The van der Waals surface area contributed by atoms with Gasteiger partial charge in [0.15, 0.2) is 18.9 Å². The summed E-state index contributed by atoms with van der Waals surface area (Å²) in [5.41, 5.74) is 0. The highest BCUT2D eigenvalue weighted by Gasteiger charge is 2.54. The zero-order chi connectivity index (χ0) is 43.7. The van der Waals surface area contributed by atoms with Crippen LogP contribution in [0, 0.1) is 11.8 Å². The Labute approximate surface area is 342 Å². The summed E-state index contributed by atoms with van der Waals surface area (Å²) in [7, 11) is 0. The fraction of sp³-hybridized carbons (Fsp3) is 0.944. The van der Waals surface area contributed by atoms with Crippen molar-refractivity contribution in [3.63, 3.8) is 0 Å². The summed E-state index contributed by atoms with van der Waals surface area (Å²) in [6.45, 7) is -2.24. The topological polar surface area (TPSA) is 391 Å². The molecule has 0 amide bonds. The van der Waals surface area contributed by atoms with Crippen molar-refractivity contribution in [1.82, 2.24) is 0 Å². The first-order chi connectivity index (χ1) is 28.4. The number of aliphatic carboxylic acids is 1. The third kappa shape index (κ3) is 10.4. The Morgan fingerprint density at radius 1 is 0.550 bits per heavy atom. The van der Waals surface area contributed by atoms with E-state index in [4.69, 9.17) is 43.0 Å². The number of rotatable bonds is 13. The maximum Gasteiger partial charge on any atom is 0.317 e. The van der Waals surface area contributed by atoms with E-state index in [1.54, 1.807) is 0 Å². The highest BCUT2D eigenvalue weighted by Crippen LogP contribution is 2.43. The minimum atomic E-state index is -1.94. The Morgan fingerprint density at radius 3 is 1.72 bits per heavy atom. The van der Waals surface area contributed by atoms with Crippen LogP contribution in [0.25, 0.3) is 0 Å². The van der Waals surface area contributed by atoms with Gasteiger partial charge in [-0.15, -0.1) is 0 Å². The molecule has 0 spiro atoms. The van der Waals surface area contributed by atoms with Gasteiger partial charge in [0.1, 0.15) is 86.3 Å². The highest BCUT2D eigenvalue weighted by molar-refractivity contribution is 5.90. The number of carbonyl (C=O) groups excluding carboxylic acids is 1. The number of hydrogen-bond acceptors (Lipinski definition) is 23. The average molecular weight is 875 g/mol. The molecular formula is C36H58O24. The van der Waals surface area contributed by atoms with E-state index in [2.05, 4.69) is 0 Å². The van der Waals surface area contributed by atoms with Crippen molar-refractivity contribution in [3.05, 3.63) is 0 Å². The molecule has 4 heterocycles. The van der Waals surface area contributed by atoms with Gasteiger partial charge in [-0.05, 0) is 31.6 Å². The number of aliphatic hydroxyl groups is 13. The first-order valence-corrected chi connectivity index (χ1v) is 20.1. The third-order valence-electron chi connectivity index (χ3n) is 12.4. The molecule has 60 heavy (non-hydrogen) atoms. The van der Waals surface area contributed by atoms with E-state index >= 15 is 0 Å². The molecule has 2 saturated carbocycles. The van der Waals surface area contributed by atoms with Crippen LogP contribution in [0.15, 0.2) is 0 Å². The van der Waals surface area contributed by atoms with Gasteiger partial charge in [-0.3, -0.25) is 9.59 Å². The van der Waals surface area contributed by atoms with Crippen LogP contribution in [-0.2, 0) is 47.5 Å². The number of carbonyl (C=O) groups is 2. The van der Waals surface area contributed by atoms with Crippen LogP contribution < -0.4 is 0 Å². The van der Waals surface area contributed by atoms with E-state index in [9.17, 15) is 76.0 Å². The third-order valence-corrected chi connectivity index (χ3v) is 12.4. The average Bonchev–Trinajstić information content (AvgIpc) is 3.20. The summed E-state index contributed by atoms with van der Waals surface area (Å²) in [4.78, 5) is 23.0. The van der Waals surface area contributed by atoms with Crippen LogP contribution in [0.5, 0.6) is 0 Å². The molecule has 14 N–H and O–H groups in total. The van der Waals surface area contributed by atoms with Crippen LogP contribution in [-0.4, -0.2) is 238 Å². The van der Waals surface area contributed by atoms with Gasteiger partial charge in [0.2, 0.25) is 0 Å². The lowest BCUT2D eigenvalue weighted by Crippen LogP contribution is -2.65. The predicted octanol–water partition coefficient (Wildman–Crippen LogP) is -7.34. The van der Waals surface area contributed by atoms with Gasteiger partial charge in [-0.1, -0.05) is 0 Å². The number of fused-ring (bicyclic) bond motifs is 1. The number of hydrogen-bond donors (Lipinski definition) is 14. The Hall–Kier alpha value is -1.86. The van der Waals surface area contributed by atoms with E-state index in [0.717, 1.165) is 0 Å². The zero-order valence-electron chi connectivity index (χ0n) is 32.3. The van der Waals surface area contributed by atoms with Crippen LogP contribution in [0.3, 0.4) is 0 Å². The molecule has 0 aromatic carbocycles. The number of carboxylic acids is 1. The molecule has 0 aromatic rings. The molecule has 2 aliphatic carbocycles. The maximum absolute atomic E-state index is 12.0. The van der Waals surface area contributed by atoms with E-state index in [1.807, 2.05) is 0 Å². The monoisotopic (exact) mass is 874 g/mol. The summed E-state index contributed by atoms with van der Waals surface area (Å²) in [5, 5.41) is 146. The standard InChI is InChI=1S/C36H58O24/c37-8-19-24(45)27(48)29(50)34(57-19)56-17-2-1-11(3-15(17)40)32-16(41)6-13-14(39)4-12(5-18(13)55-32)54-36-31(52)33(26(47)21(59-36)10-53-23(44)7-22(42)43)60-35-30(51)28(49)25(46)20(9-38)58-35/h11-21,24-41,45-52H,1-10H2,(H,42,43)/t11?,12?,13?,14?,15?,16?,17?,18?,19-,20-,21-,24-,25-,26-,27+,28-,29-,30+,31-,32?,33+,34-,35-,36-/m0/s1. The quantitative estimate of drug-likeness (QED) is 0.0604. The first kappa shape index (κ1) is 47.6. The molecular weight excluding hydrogens is 816 g/mol. The number of esters is 1. The Balaban J connectivity index is 1.10. The van der Waals surface area contributed by atoms with E-state index < -0.39 is 185 Å². The summed E-state index contributed by atoms with van der Waals surface area (Å²) >= 11 is 0. The van der Waals surface area contributed by atoms with Gasteiger partial charge in [0.25, 0.3) is 0 Å². The molecule has 346 valence electrons. The van der Waals surface area contributed by atoms with Crippen molar-refractivity contribution in [2.45, 2.75) is 180 Å². The molecule has 0 bridgehead atoms. The molecule has 6 rings (SSSR count). The van der Waals surface area contributed by atoms with Crippen molar-refractivity contribution in [1.29, 1.82) is 0 Å². The SMILES string of the molecule is O=C(O)CC(=O)OC[C@@H]1O[C@H](OC2CC(O)C3CC(O)C(C4CCC(O[C@H]5O[C@@H](CO)[C@H](O)[C@@H](O)[C@@H]5O)C(O)C4)OC3C2)[C@@H](O)[C@H](O[C@@H]2O[C@@H](CO)[C@H](O)[C@H](O)[C@H]2O)[C@H]1O. The molecule has 0 radical (unpaired) electrons. The van der Waals surface area contributed by atoms with Gasteiger partial charge in [0, 0.05) is 18.8 Å². The molecule has 9 unspecified atom stereocenters. The van der Waals surface area contributed by atoms with E-state index in [1.165, 1.54) is 0 Å². The zero-order valence-corrected chi connectivity index (χ0v) is 32.3. The summed E-state index contributed by atoms with van der Waals surface area (Å²) in [6, 6.07) is 0. The van der Waals surface area contributed by atoms with Crippen LogP contribution in [0.1, 0.15) is 44.9 Å². The Bertz CT molecular complexity index is 1410. The van der Waals surface area contributed by atoms with Crippen LogP contribution in [0.2, 0.25) is 0 Å². The lowest BCUT2D eigenvalue weighted by molar-refractivity contribution is -0.366. The van der Waals surface area contributed by atoms with Crippen molar-refractivity contribution in [2.75, 3.05) is 19.8 Å². The van der Waals surface area contributed by atoms with E-state index in [-0.39, 0.29) is 32.1 Å². The Morgan fingerprint density at radius 2 is 1.13 bits per heavy atom. The second-order valence-corrected chi connectivity index (χ2v) is 16.5. The van der Waals surface area contributed by atoms with Crippen molar-refractivity contribution in [3.8, 4) is 0 Å². The molecule has 24 nitrogen and oxygen atoms in total. The molecule has 6 aliphatic rings. The second kappa shape index (κ2) is 20.3. The summed E-state index contributed by atoms with van der Waals surface area (Å²) in [6.07, 6.45) is -32.2. The van der Waals surface area contributed by atoms with Gasteiger partial charge < -0.3 is 109 Å². The summed E-state index contributed by atoms with van der Waals surface area (Å²) in [5.74, 6) is -3.67. The van der Waals surface area contributed by atoms with Crippen molar-refractivity contribution < 1.29 is 119 Å². The minimum absolute atomic E-state index is 0.0489. The number of ether oxygens (including phenoxy) is 8. The normalized spacial score (nSPS) is 50.1. The lowest BCUT2D eigenvalue weighted by Gasteiger charge is -2.50. The minimum Gasteiger partial charge on any atom is -0.481 e. The first-order valence-electron chi connectivity index (χ1n) is 20.1. The van der Waals surface area contributed by atoms with Gasteiger partial charge in [0.05, 0.1) is 55.9 Å². The smallest absolute Gasteiger partial charge is 0.317 e.